The maximum Gasteiger partial charge on any atom is 0.332 e. The fraction of sp³-hybridized carbons (Fsp3) is 0.833. The third-order valence-electron chi connectivity index (χ3n) is 1.28. The van der Waals surface area contributed by atoms with E-state index in [1.54, 1.807) is 0 Å². The van der Waals surface area contributed by atoms with Gasteiger partial charge in [-0.2, -0.15) is 0 Å². The summed E-state index contributed by atoms with van der Waals surface area (Å²) in [4.78, 5) is 10.5. The van der Waals surface area contributed by atoms with E-state index in [1.807, 2.05) is 6.92 Å². The SMILES string of the molecule is CCC1COCC(=O)O1. The van der Waals surface area contributed by atoms with Crippen LogP contribution < -0.4 is 0 Å². The largest absolute Gasteiger partial charge is 0.458 e. The molecule has 9 heavy (non-hydrogen) atoms. The highest BCUT2D eigenvalue weighted by Crippen LogP contribution is 2.04. The first kappa shape index (κ1) is 6.55. The number of cyclic esters (lactones) is 1. The zero-order valence-electron chi connectivity index (χ0n) is 5.42. The van der Waals surface area contributed by atoms with Crippen LogP contribution in [0.4, 0.5) is 0 Å². The summed E-state index contributed by atoms with van der Waals surface area (Å²) in [5, 5.41) is 0. The Bertz CT molecular complexity index is 111. The topological polar surface area (TPSA) is 35.5 Å². The molecule has 1 heterocycles. The molecule has 1 aliphatic rings. The van der Waals surface area contributed by atoms with E-state index in [-0.39, 0.29) is 18.7 Å². The first-order valence-corrected chi connectivity index (χ1v) is 3.10. The molecule has 0 aromatic heterocycles. The molecule has 3 heteroatoms. The van der Waals surface area contributed by atoms with E-state index >= 15 is 0 Å². The van der Waals surface area contributed by atoms with Crippen molar-refractivity contribution in [3.05, 3.63) is 0 Å². The normalized spacial score (nSPS) is 27.7. The quantitative estimate of drug-likeness (QED) is 0.480. The molecule has 0 aliphatic carbocycles. The minimum absolute atomic E-state index is 0.00810. The van der Waals surface area contributed by atoms with E-state index < -0.39 is 0 Å². The van der Waals surface area contributed by atoms with Gasteiger partial charge < -0.3 is 9.47 Å². The smallest absolute Gasteiger partial charge is 0.332 e. The van der Waals surface area contributed by atoms with Crippen LogP contribution in [0, 0.1) is 0 Å². The lowest BCUT2D eigenvalue weighted by Gasteiger charge is -2.20. The van der Waals surface area contributed by atoms with Crippen molar-refractivity contribution in [1.82, 2.24) is 0 Å². The number of carbonyl (C=O) groups is 1. The average molecular weight is 130 g/mol. The molecule has 52 valence electrons. The summed E-state index contributed by atoms with van der Waals surface area (Å²) >= 11 is 0. The van der Waals surface area contributed by atoms with E-state index in [0.29, 0.717) is 6.61 Å². The maximum atomic E-state index is 10.5. The second kappa shape index (κ2) is 2.82. The zero-order chi connectivity index (χ0) is 6.69. The molecule has 0 radical (unpaired) electrons. The highest BCUT2D eigenvalue weighted by molar-refractivity contribution is 5.71. The van der Waals surface area contributed by atoms with Gasteiger partial charge in [0.25, 0.3) is 0 Å². The Kier molecular flexibility index (Phi) is 2.05. The Morgan fingerprint density at radius 2 is 2.56 bits per heavy atom. The number of ether oxygens (including phenoxy) is 2. The van der Waals surface area contributed by atoms with E-state index in [2.05, 4.69) is 0 Å². The summed E-state index contributed by atoms with van der Waals surface area (Å²) in [5.41, 5.74) is 0. The molecule has 1 aliphatic heterocycles. The standard InChI is InChI=1S/C6H10O3/c1-2-5-3-8-4-6(7)9-5/h5H,2-4H2,1H3. The van der Waals surface area contributed by atoms with Crippen LogP contribution in [-0.2, 0) is 14.3 Å². The van der Waals surface area contributed by atoms with Crippen molar-refractivity contribution in [3.8, 4) is 0 Å². The lowest BCUT2D eigenvalue weighted by Crippen LogP contribution is -2.31. The second-order valence-corrected chi connectivity index (χ2v) is 2.04. The van der Waals surface area contributed by atoms with Crippen molar-refractivity contribution in [2.75, 3.05) is 13.2 Å². The van der Waals surface area contributed by atoms with Crippen LogP contribution in [0.5, 0.6) is 0 Å². The number of hydrogen-bond donors (Lipinski definition) is 0. The first-order valence-electron chi connectivity index (χ1n) is 3.10. The lowest BCUT2D eigenvalue weighted by atomic mass is 10.3. The third kappa shape index (κ3) is 1.68. The van der Waals surface area contributed by atoms with E-state index in [9.17, 15) is 4.79 Å². The summed E-state index contributed by atoms with van der Waals surface area (Å²) in [5.74, 6) is -0.242. The predicted octanol–water partition coefficient (Wildman–Crippen LogP) is 0.338. The van der Waals surface area contributed by atoms with E-state index in [1.165, 1.54) is 0 Å². The molecule has 1 rings (SSSR count). The molecule has 1 unspecified atom stereocenters. The van der Waals surface area contributed by atoms with Gasteiger partial charge in [0.05, 0.1) is 6.61 Å². The molecule has 0 bridgehead atoms. The van der Waals surface area contributed by atoms with Gasteiger partial charge in [-0.3, -0.25) is 0 Å². The summed E-state index contributed by atoms with van der Waals surface area (Å²) in [6.07, 6.45) is 0.831. The van der Waals surface area contributed by atoms with E-state index in [0.717, 1.165) is 6.42 Å². The Morgan fingerprint density at radius 1 is 1.78 bits per heavy atom. The van der Waals surface area contributed by atoms with Crippen molar-refractivity contribution < 1.29 is 14.3 Å². The van der Waals surface area contributed by atoms with Gasteiger partial charge in [-0.15, -0.1) is 0 Å². The van der Waals surface area contributed by atoms with Gasteiger partial charge in [-0.1, -0.05) is 6.92 Å². The van der Waals surface area contributed by atoms with Crippen molar-refractivity contribution in [3.63, 3.8) is 0 Å². The predicted molar refractivity (Wildman–Crippen MR) is 31.0 cm³/mol. The summed E-state index contributed by atoms with van der Waals surface area (Å²) in [6, 6.07) is 0. The van der Waals surface area contributed by atoms with E-state index in [4.69, 9.17) is 9.47 Å². The summed E-state index contributed by atoms with van der Waals surface area (Å²) < 4.78 is 9.78. The van der Waals surface area contributed by atoms with Crippen LogP contribution in [0.1, 0.15) is 13.3 Å². The number of hydrogen-bond acceptors (Lipinski definition) is 3. The van der Waals surface area contributed by atoms with Crippen LogP contribution in [0.15, 0.2) is 0 Å². The molecule has 0 spiro atoms. The van der Waals surface area contributed by atoms with Crippen molar-refractivity contribution >= 4 is 5.97 Å². The van der Waals surface area contributed by atoms with Crippen LogP contribution in [-0.4, -0.2) is 25.3 Å². The Labute approximate surface area is 53.9 Å². The average Bonchev–Trinajstić information content (AvgIpc) is 1.88. The molecule has 0 amide bonds. The number of carbonyl (C=O) groups excluding carboxylic acids is 1. The minimum Gasteiger partial charge on any atom is -0.458 e. The molecule has 0 aromatic carbocycles. The number of rotatable bonds is 1. The minimum atomic E-state index is -0.242. The summed E-state index contributed by atoms with van der Waals surface area (Å²) in [6.45, 7) is 2.64. The molecule has 0 aromatic rings. The molecule has 1 saturated heterocycles. The van der Waals surface area contributed by atoms with Gasteiger partial charge in [0.15, 0.2) is 0 Å². The van der Waals surface area contributed by atoms with Gasteiger partial charge >= 0.3 is 5.97 Å². The molecule has 0 N–H and O–H groups in total. The molecule has 1 atom stereocenters. The summed E-state index contributed by atoms with van der Waals surface area (Å²) in [7, 11) is 0. The lowest BCUT2D eigenvalue weighted by molar-refractivity contribution is -0.169. The molecule has 3 nitrogen and oxygen atoms in total. The van der Waals surface area contributed by atoms with Crippen LogP contribution in [0.2, 0.25) is 0 Å². The molecular formula is C6H10O3. The van der Waals surface area contributed by atoms with Crippen molar-refractivity contribution in [2.24, 2.45) is 0 Å². The molecule has 1 fully saturated rings. The van der Waals surface area contributed by atoms with Crippen molar-refractivity contribution in [1.29, 1.82) is 0 Å². The highest BCUT2D eigenvalue weighted by atomic mass is 16.6. The van der Waals surface area contributed by atoms with Crippen molar-refractivity contribution in [2.45, 2.75) is 19.4 Å². The monoisotopic (exact) mass is 130 g/mol. The highest BCUT2D eigenvalue weighted by Gasteiger charge is 2.18. The Balaban J connectivity index is 2.32. The fourth-order valence-corrected chi connectivity index (χ4v) is 0.729. The van der Waals surface area contributed by atoms with Crippen LogP contribution in [0.25, 0.3) is 0 Å². The van der Waals surface area contributed by atoms with Gasteiger partial charge in [-0.05, 0) is 6.42 Å². The Hall–Kier alpha value is -0.570. The van der Waals surface area contributed by atoms with Crippen LogP contribution >= 0.6 is 0 Å². The van der Waals surface area contributed by atoms with Gasteiger partial charge in [0, 0.05) is 0 Å². The fourth-order valence-electron chi connectivity index (χ4n) is 0.729. The van der Waals surface area contributed by atoms with Crippen LogP contribution in [0.3, 0.4) is 0 Å². The Morgan fingerprint density at radius 3 is 3.00 bits per heavy atom. The van der Waals surface area contributed by atoms with Gasteiger partial charge in [-0.25, -0.2) is 4.79 Å². The number of esters is 1. The molecule has 0 saturated carbocycles. The van der Waals surface area contributed by atoms with Gasteiger partial charge in [0.1, 0.15) is 12.7 Å². The molecular weight excluding hydrogens is 120 g/mol. The third-order valence-corrected chi connectivity index (χ3v) is 1.28. The van der Waals surface area contributed by atoms with Gasteiger partial charge in [0.2, 0.25) is 0 Å². The zero-order valence-corrected chi connectivity index (χ0v) is 5.42. The first-order chi connectivity index (χ1) is 4.33. The second-order valence-electron chi connectivity index (χ2n) is 2.04. The maximum absolute atomic E-state index is 10.5.